The van der Waals surface area contributed by atoms with E-state index >= 15 is 0 Å². The molecule has 0 aromatic heterocycles. The lowest BCUT2D eigenvalue weighted by Gasteiger charge is -2.49. The fourth-order valence-corrected chi connectivity index (χ4v) is 12.4. The van der Waals surface area contributed by atoms with E-state index < -0.39 is 0 Å². The summed E-state index contributed by atoms with van der Waals surface area (Å²) >= 11 is 0. The molecule has 6 aliphatic heterocycles. The molecule has 8 heteroatoms. The molecule has 0 atom stereocenters. The molecule has 0 bridgehead atoms. The maximum Gasteiger partial charge on any atom is 0.261 e. The highest BCUT2D eigenvalue weighted by Gasteiger charge is 2.53. The largest absolute Gasteiger partial charge is 0.458 e. The summed E-state index contributed by atoms with van der Waals surface area (Å²) < 4.78 is 14.5. The third kappa shape index (κ3) is 4.29. The summed E-state index contributed by atoms with van der Waals surface area (Å²) in [6.07, 6.45) is 0. The minimum atomic E-state index is -0.0842. The van der Waals surface area contributed by atoms with Gasteiger partial charge in [0.15, 0.2) is 0 Å². The fraction of sp³-hybridized carbons (Fsp3) is 0. The molecule has 6 nitrogen and oxygen atoms in total. The van der Waals surface area contributed by atoms with Crippen LogP contribution < -0.4 is 61.9 Å². The summed E-state index contributed by atoms with van der Waals surface area (Å²) in [5, 5.41) is 2.22. The molecule has 0 amide bonds. The van der Waals surface area contributed by atoms with E-state index in [2.05, 4.69) is 226 Å². The van der Waals surface area contributed by atoms with E-state index in [1.54, 1.807) is 0 Å². The van der Waals surface area contributed by atoms with Crippen LogP contribution in [0.1, 0.15) is 0 Å². The van der Waals surface area contributed by atoms with Gasteiger partial charge >= 0.3 is 0 Å². The molecule has 10 aromatic carbocycles. The molecule has 0 saturated carbocycles. The van der Waals surface area contributed by atoms with Crippen molar-refractivity contribution in [2.75, 3.05) is 19.6 Å². The number of ether oxygens (including phenoxy) is 2. The Morgan fingerprint density at radius 2 is 0.591 bits per heavy atom. The second-order valence-corrected chi connectivity index (χ2v) is 17.9. The van der Waals surface area contributed by atoms with Crippen molar-refractivity contribution in [3.63, 3.8) is 0 Å². The lowest BCUT2D eigenvalue weighted by atomic mass is 9.31. The quantitative estimate of drug-likeness (QED) is 0.164. The van der Waals surface area contributed by atoms with Crippen molar-refractivity contribution in [1.82, 2.24) is 0 Å². The summed E-state index contributed by atoms with van der Waals surface area (Å²) in [5.74, 6) is 3.51. The van der Waals surface area contributed by atoms with Gasteiger partial charge in [0, 0.05) is 62.3 Å². The predicted molar refractivity (Wildman–Crippen MR) is 272 cm³/mol. The molecular formula is C58H34B2N4O2. The third-order valence-corrected chi connectivity index (χ3v) is 14.7. The molecule has 6 heterocycles. The van der Waals surface area contributed by atoms with Crippen LogP contribution in [0.25, 0.3) is 10.8 Å². The summed E-state index contributed by atoms with van der Waals surface area (Å²) in [4.78, 5) is 9.91. The predicted octanol–water partition coefficient (Wildman–Crippen LogP) is 11.2. The minimum Gasteiger partial charge on any atom is -0.458 e. The Morgan fingerprint density at radius 3 is 0.970 bits per heavy atom. The van der Waals surface area contributed by atoms with Gasteiger partial charge in [0.1, 0.15) is 23.0 Å². The molecule has 304 valence electrons. The Bertz CT molecular complexity index is 3520. The molecule has 10 aromatic rings. The number of hydrogen-bond acceptors (Lipinski definition) is 6. The van der Waals surface area contributed by atoms with Crippen molar-refractivity contribution < 1.29 is 9.47 Å². The van der Waals surface area contributed by atoms with Gasteiger partial charge in [-0.2, -0.15) is 0 Å². The van der Waals surface area contributed by atoms with Crippen LogP contribution in [0.2, 0.25) is 0 Å². The minimum absolute atomic E-state index is 0.0842. The van der Waals surface area contributed by atoms with Crippen LogP contribution in [0.4, 0.5) is 68.2 Å². The average Bonchev–Trinajstić information content (AvgIpc) is 3.37. The Morgan fingerprint density at radius 1 is 0.273 bits per heavy atom. The number of hydrogen-bond donors (Lipinski definition) is 0. The van der Waals surface area contributed by atoms with Crippen molar-refractivity contribution in [3.05, 3.63) is 206 Å². The maximum absolute atomic E-state index is 7.27. The summed E-state index contributed by atoms with van der Waals surface area (Å²) in [5.41, 5.74) is 20.9. The number of nitrogens with zero attached hydrogens (tertiary/aromatic N) is 4. The highest BCUT2D eigenvalue weighted by Crippen LogP contribution is 2.56. The van der Waals surface area contributed by atoms with Crippen LogP contribution in [0.5, 0.6) is 23.0 Å². The standard InChI is InChI=1S/C58H34B2N4O2/c1-5-17-36(18-6-1)61-40-25-13-27-42-51(40)59-53-44(61)29-15-31-46(53)65-48-33-35-34-49-56-58(50(35)57(55(48)59)63(42)38-21-9-3-10-22-38)64(39-23-11-4-12-24-39)43-28-14-26-41-52(43)60(56)54-45(30-16-32-47(54)66-49)62(41)37-19-7-2-8-20-37/h1-34H. The van der Waals surface area contributed by atoms with E-state index in [4.69, 9.17) is 9.47 Å². The Balaban J connectivity index is 1.07. The molecule has 0 unspecified atom stereocenters. The highest BCUT2D eigenvalue weighted by molar-refractivity contribution is 7.03. The van der Waals surface area contributed by atoms with Gasteiger partial charge in [0.05, 0.1) is 11.4 Å². The van der Waals surface area contributed by atoms with Gasteiger partial charge in [-0.25, -0.2) is 0 Å². The zero-order valence-corrected chi connectivity index (χ0v) is 35.4. The van der Waals surface area contributed by atoms with Crippen LogP contribution >= 0.6 is 0 Å². The van der Waals surface area contributed by atoms with Crippen molar-refractivity contribution in [2.24, 2.45) is 0 Å². The molecule has 0 fully saturated rings. The Kier molecular flexibility index (Phi) is 6.62. The molecule has 16 rings (SSSR count). The Hall–Kier alpha value is -8.61. The monoisotopic (exact) mass is 840 g/mol. The summed E-state index contributed by atoms with van der Waals surface area (Å²) in [6, 6.07) is 74.7. The molecule has 66 heavy (non-hydrogen) atoms. The van der Waals surface area contributed by atoms with Crippen molar-refractivity contribution in [3.8, 4) is 23.0 Å². The van der Waals surface area contributed by atoms with E-state index in [1.807, 2.05) is 0 Å². The first-order valence-corrected chi connectivity index (χ1v) is 22.8. The normalized spacial score (nSPS) is 14.4. The lowest BCUT2D eigenvalue weighted by Crippen LogP contribution is -2.64. The van der Waals surface area contributed by atoms with Gasteiger partial charge in [0.2, 0.25) is 0 Å². The van der Waals surface area contributed by atoms with E-state index in [0.29, 0.717) is 0 Å². The molecule has 0 aliphatic carbocycles. The van der Waals surface area contributed by atoms with Crippen molar-refractivity contribution in [1.29, 1.82) is 0 Å². The van der Waals surface area contributed by atoms with E-state index in [-0.39, 0.29) is 13.4 Å². The molecule has 0 radical (unpaired) electrons. The van der Waals surface area contributed by atoms with Crippen LogP contribution in [0.15, 0.2) is 206 Å². The maximum atomic E-state index is 7.27. The van der Waals surface area contributed by atoms with Gasteiger partial charge in [-0.3, -0.25) is 0 Å². The van der Waals surface area contributed by atoms with Crippen LogP contribution in [-0.4, -0.2) is 13.4 Å². The molecule has 0 spiro atoms. The van der Waals surface area contributed by atoms with Gasteiger partial charge in [-0.15, -0.1) is 0 Å². The number of anilines is 12. The molecule has 0 N–H and O–H groups in total. The molecule has 6 aliphatic rings. The molecular weight excluding hydrogens is 806 g/mol. The fourth-order valence-electron chi connectivity index (χ4n) is 12.4. The first-order valence-electron chi connectivity index (χ1n) is 22.8. The smallest absolute Gasteiger partial charge is 0.261 e. The summed E-state index contributed by atoms with van der Waals surface area (Å²) in [7, 11) is 0. The average molecular weight is 841 g/mol. The number of para-hydroxylation sites is 4. The van der Waals surface area contributed by atoms with Crippen LogP contribution in [0, 0.1) is 0 Å². The lowest BCUT2D eigenvalue weighted by molar-refractivity contribution is 0.486. The summed E-state index contributed by atoms with van der Waals surface area (Å²) in [6.45, 7) is -0.168. The Labute approximate surface area is 381 Å². The van der Waals surface area contributed by atoms with Gasteiger partial charge in [-0.05, 0) is 147 Å². The van der Waals surface area contributed by atoms with E-state index in [0.717, 1.165) is 90.6 Å². The SMILES string of the molecule is c1ccc(N2c3cccc4c3B3c5c2cccc5N(c2ccccc2)c2c3c(cc3cc5c6c(c23)N(c2ccccc2)c2cccc3c2B6c2c(cccc2N3c2ccccc2)O5)O4)cc1. The van der Waals surface area contributed by atoms with Gasteiger partial charge in [-0.1, -0.05) is 97.1 Å². The van der Waals surface area contributed by atoms with Gasteiger partial charge < -0.3 is 29.1 Å². The second kappa shape index (κ2) is 12.6. The molecule has 0 saturated heterocycles. The van der Waals surface area contributed by atoms with E-state index in [1.165, 1.54) is 44.2 Å². The van der Waals surface area contributed by atoms with Crippen molar-refractivity contribution >= 4 is 125 Å². The van der Waals surface area contributed by atoms with Crippen molar-refractivity contribution in [2.45, 2.75) is 0 Å². The van der Waals surface area contributed by atoms with E-state index in [9.17, 15) is 0 Å². The van der Waals surface area contributed by atoms with Crippen LogP contribution in [0.3, 0.4) is 0 Å². The van der Waals surface area contributed by atoms with Gasteiger partial charge in [0.25, 0.3) is 13.4 Å². The zero-order chi connectivity index (χ0) is 42.8. The first kappa shape index (κ1) is 34.8. The highest BCUT2D eigenvalue weighted by atomic mass is 16.5. The first-order chi connectivity index (χ1) is 32.8. The number of rotatable bonds is 4. The zero-order valence-electron chi connectivity index (χ0n) is 35.4. The third-order valence-electron chi connectivity index (χ3n) is 14.7. The number of benzene rings is 10. The number of fused-ring (bicyclic) bond motifs is 3. The topological polar surface area (TPSA) is 31.4 Å². The van der Waals surface area contributed by atoms with Crippen LogP contribution in [-0.2, 0) is 0 Å². The second-order valence-electron chi connectivity index (χ2n) is 17.9.